The molecule has 2 aromatic carbocycles. The lowest BCUT2D eigenvalue weighted by molar-refractivity contribution is 0.0979. The van der Waals surface area contributed by atoms with Gasteiger partial charge < -0.3 is 0 Å². The second-order valence-corrected chi connectivity index (χ2v) is 6.76. The molecule has 0 fully saturated rings. The zero-order valence-electron chi connectivity index (χ0n) is 12.6. The number of carbonyl (C=O) groups is 1. The Hall–Kier alpha value is -2.09. The molecular formula is C16H11Cl2FN4OS. The average Bonchev–Trinajstić information content (AvgIpc) is 3.01. The van der Waals surface area contributed by atoms with Gasteiger partial charge in [-0.05, 0) is 47.8 Å². The molecule has 0 bridgehead atoms. The molecule has 0 aliphatic heterocycles. The maximum absolute atomic E-state index is 13.5. The first-order valence-electron chi connectivity index (χ1n) is 7.08. The highest BCUT2D eigenvalue weighted by atomic mass is 35.5. The number of hydrogen-bond donors (Lipinski definition) is 1. The van der Waals surface area contributed by atoms with Crippen molar-refractivity contribution in [2.24, 2.45) is 0 Å². The average molecular weight is 397 g/mol. The summed E-state index contributed by atoms with van der Waals surface area (Å²) < 4.78 is 17.6. The monoisotopic (exact) mass is 396 g/mol. The van der Waals surface area contributed by atoms with E-state index in [1.54, 1.807) is 36.4 Å². The van der Waals surface area contributed by atoms with Crippen molar-refractivity contribution in [2.45, 2.75) is 11.4 Å². The van der Waals surface area contributed by atoms with Crippen molar-refractivity contribution in [1.82, 2.24) is 19.7 Å². The third-order valence-corrected chi connectivity index (χ3v) is 4.40. The van der Waals surface area contributed by atoms with Gasteiger partial charge in [0.2, 0.25) is 0 Å². The number of benzene rings is 2. The van der Waals surface area contributed by atoms with E-state index in [9.17, 15) is 9.18 Å². The van der Waals surface area contributed by atoms with Gasteiger partial charge in [-0.15, -0.1) is 5.10 Å². The third kappa shape index (κ3) is 4.72. The van der Waals surface area contributed by atoms with E-state index in [0.717, 1.165) is 17.5 Å². The number of halogens is 3. The van der Waals surface area contributed by atoms with Crippen LogP contribution in [-0.4, -0.2) is 20.9 Å². The molecule has 1 amide bonds. The van der Waals surface area contributed by atoms with Crippen molar-refractivity contribution in [2.75, 3.05) is 0 Å². The maximum Gasteiger partial charge on any atom is 0.283 e. The van der Waals surface area contributed by atoms with E-state index in [4.69, 9.17) is 23.2 Å². The molecule has 0 atom stereocenters. The first-order valence-corrected chi connectivity index (χ1v) is 8.65. The molecule has 25 heavy (non-hydrogen) atoms. The van der Waals surface area contributed by atoms with E-state index in [1.165, 1.54) is 16.9 Å². The Bertz CT molecular complexity index is 898. The molecule has 0 aliphatic carbocycles. The van der Waals surface area contributed by atoms with E-state index < -0.39 is 11.7 Å². The van der Waals surface area contributed by atoms with Gasteiger partial charge in [0, 0.05) is 10.0 Å². The largest absolute Gasteiger partial charge is 0.290 e. The maximum atomic E-state index is 13.5. The predicted octanol–water partition coefficient (Wildman–Crippen LogP) is 4.21. The highest BCUT2D eigenvalue weighted by molar-refractivity contribution is 7.98. The normalized spacial score (nSPS) is 10.7. The van der Waals surface area contributed by atoms with Crippen LogP contribution in [0.25, 0.3) is 0 Å². The summed E-state index contributed by atoms with van der Waals surface area (Å²) in [6.45, 7) is 0.362. The van der Waals surface area contributed by atoms with Crippen molar-refractivity contribution in [3.63, 3.8) is 0 Å². The fourth-order valence-electron chi connectivity index (χ4n) is 2.05. The molecule has 3 rings (SSSR count). The summed E-state index contributed by atoms with van der Waals surface area (Å²) >= 11 is 12.8. The number of carbonyl (C=O) groups excluding carboxylic acids is 1. The van der Waals surface area contributed by atoms with Crippen LogP contribution < -0.4 is 4.72 Å². The van der Waals surface area contributed by atoms with Crippen molar-refractivity contribution >= 4 is 41.1 Å². The molecule has 0 saturated heterocycles. The lowest BCUT2D eigenvalue weighted by Crippen LogP contribution is -2.16. The number of nitrogens with zero attached hydrogens (tertiary/aromatic N) is 3. The highest BCUT2D eigenvalue weighted by Crippen LogP contribution is 2.20. The van der Waals surface area contributed by atoms with Gasteiger partial charge in [-0.3, -0.25) is 9.52 Å². The van der Waals surface area contributed by atoms with Crippen LogP contribution in [0.2, 0.25) is 10.0 Å². The Morgan fingerprint density at radius 1 is 1.20 bits per heavy atom. The fraction of sp³-hybridized carbons (Fsp3) is 0.0625. The van der Waals surface area contributed by atoms with E-state index in [1.807, 2.05) is 0 Å². The minimum Gasteiger partial charge on any atom is -0.290 e. The van der Waals surface area contributed by atoms with Crippen LogP contribution in [-0.2, 0) is 6.54 Å². The fourth-order valence-corrected chi connectivity index (χ4v) is 3.24. The van der Waals surface area contributed by atoms with Gasteiger partial charge in [-0.1, -0.05) is 40.5 Å². The predicted molar refractivity (Wildman–Crippen MR) is 95.3 cm³/mol. The Kier molecular flexibility index (Phi) is 5.57. The lowest BCUT2D eigenvalue weighted by Gasteiger charge is -2.03. The Balaban J connectivity index is 1.64. The molecular weight excluding hydrogens is 386 g/mol. The van der Waals surface area contributed by atoms with Crippen molar-refractivity contribution in [3.05, 3.63) is 75.8 Å². The molecule has 0 radical (unpaired) electrons. The van der Waals surface area contributed by atoms with Gasteiger partial charge in [0.15, 0.2) is 5.69 Å². The number of rotatable bonds is 5. The second kappa shape index (κ2) is 7.86. The minimum absolute atomic E-state index is 0.122. The summed E-state index contributed by atoms with van der Waals surface area (Å²) in [6.07, 6.45) is 1.49. The Morgan fingerprint density at radius 2 is 1.92 bits per heavy atom. The van der Waals surface area contributed by atoms with E-state index in [2.05, 4.69) is 15.0 Å². The van der Waals surface area contributed by atoms with Crippen LogP contribution in [0.1, 0.15) is 16.1 Å². The van der Waals surface area contributed by atoms with Crippen LogP contribution in [0.5, 0.6) is 0 Å². The minimum atomic E-state index is -0.469. The summed E-state index contributed by atoms with van der Waals surface area (Å²) in [4.78, 5) is 12.4. The summed E-state index contributed by atoms with van der Waals surface area (Å²) in [5.41, 5.74) is 0.951. The van der Waals surface area contributed by atoms with Crippen LogP contribution in [0.4, 0.5) is 4.39 Å². The molecule has 3 aromatic rings. The lowest BCUT2D eigenvalue weighted by atomic mass is 10.2. The van der Waals surface area contributed by atoms with Crippen LogP contribution in [0.3, 0.4) is 0 Å². The smallest absolute Gasteiger partial charge is 0.283 e. The third-order valence-electron chi connectivity index (χ3n) is 3.13. The molecule has 0 saturated carbocycles. The summed E-state index contributed by atoms with van der Waals surface area (Å²) in [7, 11) is 0. The van der Waals surface area contributed by atoms with E-state index in [-0.39, 0.29) is 5.69 Å². The summed E-state index contributed by atoms with van der Waals surface area (Å²) in [5.74, 6) is -0.877. The second-order valence-electron chi connectivity index (χ2n) is 5.04. The van der Waals surface area contributed by atoms with Gasteiger partial charge in [0.1, 0.15) is 5.82 Å². The van der Waals surface area contributed by atoms with Crippen molar-refractivity contribution < 1.29 is 9.18 Å². The van der Waals surface area contributed by atoms with Gasteiger partial charge in [-0.2, -0.15) is 0 Å². The molecule has 0 aliphatic rings. The summed E-state index contributed by atoms with van der Waals surface area (Å²) in [5, 5.41) is 8.75. The quantitative estimate of drug-likeness (QED) is 0.656. The molecule has 0 spiro atoms. The zero-order chi connectivity index (χ0) is 17.8. The Labute approximate surface area is 157 Å². The van der Waals surface area contributed by atoms with Crippen molar-refractivity contribution in [3.8, 4) is 0 Å². The van der Waals surface area contributed by atoms with Crippen LogP contribution >= 0.6 is 35.1 Å². The van der Waals surface area contributed by atoms with Gasteiger partial charge in [-0.25, -0.2) is 9.07 Å². The first kappa shape index (κ1) is 17.7. The van der Waals surface area contributed by atoms with E-state index >= 15 is 0 Å². The number of aromatic nitrogens is 3. The molecule has 1 aromatic heterocycles. The van der Waals surface area contributed by atoms with Gasteiger partial charge in [0.25, 0.3) is 5.91 Å². The Morgan fingerprint density at radius 3 is 2.64 bits per heavy atom. The zero-order valence-corrected chi connectivity index (χ0v) is 14.9. The molecule has 5 nitrogen and oxygen atoms in total. The molecule has 1 N–H and O–H groups in total. The van der Waals surface area contributed by atoms with Crippen LogP contribution in [0.15, 0.2) is 53.6 Å². The van der Waals surface area contributed by atoms with Crippen molar-refractivity contribution in [1.29, 1.82) is 0 Å². The topological polar surface area (TPSA) is 59.8 Å². The van der Waals surface area contributed by atoms with Gasteiger partial charge in [0.05, 0.1) is 17.6 Å². The van der Waals surface area contributed by atoms with Gasteiger partial charge >= 0.3 is 0 Å². The van der Waals surface area contributed by atoms with E-state index in [0.29, 0.717) is 21.5 Å². The SMILES string of the molecule is O=C(NSc1ccccc1F)c1cn(Cc2cc(Cl)cc(Cl)c2)nn1. The first-order chi connectivity index (χ1) is 12.0. The molecule has 0 unspecified atom stereocenters. The summed E-state index contributed by atoms with van der Waals surface area (Å²) in [6, 6.07) is 11.3. The standard InChI is InChI=1S/C16H11Cl2FN4OS/c17-11-5-10(6-12(18)7-11)8-23-9-14(20-22-23)16(24)21-25-15-4-2-1-3-13(15)19/h1-7,9H,8H2,(H,21,24). The number of amides is 1. The van der Waals surface area contributed by atoms with Crippen LogP contribution in [0, 0.1) is 5.82 Å². The molecule has 128 valence electrons. The highest BCUT2D eigenvalue weighted by Gasteiger charge is 2.12. The molecule has 1 heterocycles. The number of hydrogen-bond acceptors (Lipinski definition) is 4. The number of nitrogens with one attached hydrogen (secondary N) is 1. The molecule has 9 heteroatoms.